The highest BCUT2D eigenvalue weighted by Crippen LogP contribution is 2.77. The van der Waals surface area contributed by atoms with Crippen molar-refractivity contribution in [1.29, 1.82) is 0 Å². The maximum Gasteiger partial charge on any atom is 0.0913 e. The third-order valence-electron chi connectivity index (χ3n) is 12.3. The van der Waals surface area contributed by atoms with Gasteiger partial charge in [0, 0.05) is 48.4 Å². The Morgan fingerprint density at radius 1 is 0.581 bits per heavy atom. The summed E-state index contributed by atoms with van der Waals surface area (Å²) in [6.45, 7) is 57.6. The van der Waals surface area contributed by atoms with E-state index < -0.39 is 57.2 Å². The van der Waals surface area contributed by atoms with Gasteiger partial charge in [-0.05, 0) is 71.5 Å². The quantitative estimate of drug-likeness (QED) is 0.225. The summed E-state index contributed by atoms with van der Waals surface area (Å²) in [6, 6.07) is 5.15. The van der Waals surface area contributed by atoms with E-state index in [9.17, 15) is 0 Å². The molecule has 4 unspecified atom stereocenters. The van der Waals surface area contributed by atoms with Crippen molar-refractivity contribution >= 4 is 62.4 Å². The molecule has 0 bridgehead atoms. The van der Waals surface area contributed by atoms with Crippen LogP contribution in [0.3, 0.4) is 0 Å². The van der Waals surface area contributed by atoms with Gasteiger partial charge in [-0.25, -0.2) is 0 Å². The number of hydrogen-bond acceptors (Lipinski definition) is 0. The lowest BCUT2D eigenvalue weighted by molar-refractivity contribution is 0.162. The molecule has 0 N–H and O–H groups in total. The van der Waals surface area contributed by atoms with Crippen LogP contribution in [0.1, 0.15) is 29.5 Å². The molecule has 0 spiro atoms. The van der Waals surface area contributed by atoms with Crippen molar-refractivity contribution in [2.45, 2.75) is 172 Å². The van der Waals surface area contributed by atoms with E-state index >= 15 is 0 Å². The van der Waals surface area contributed by atoms with Gasteiger partial charge in [0.2, 0.25) is 0 Å². The van der Waals surface area contributed by atoms with Crippen molar-refractivity contribution in [2.75, 3.05) is 0 Å². The van der Waals surface area contributed by atoms with Crippen LogP contribution in [0.25, 0.3) is 0 Å². The predicted molar refractivity (Wildman–Crippen MR) is 220 cm³/mol. The zero-order valence-electron chi connectivity index (χ0n) is 33.0. The highest BCUT2D eigenvalue weighted by atomic mass is 28.4. The van der Waals surface area contributed by atoms with Gasteiger partial charge in [-0.2, -0.15) is 0 Å². The molecule has 2 fully saturated rings. The molecule has 0 amide bonds. The van der Waals surface area contributed by atoms with E-state index in [1.54, 1.807) is 24.0 Å². The largest absolute Gasteiger partial charge is 0.0913 e. The highest BCUT2D eigenvalue weighted by Gasteiger charge is 2.76. The van der Waals surface area contributed by atoms with Crippen LogP contribution in [0.15, 0.2) is 12.1 Å². The van der Waals surface area contributed by atoms with Gasteiger partial charge in [0.05, 0.1) is 8.80 Å². The SMILES string of the molecule is Cc1cc(C)c([Si]2C3C(C([Si](C)(C)C)[Si](C)(C)C)CC(C([Si](C)(C)C)[Si](C)(C)C)CC3C2([Si](C)(C)C)[Si](C)(C)C)c(C)c1. The second kappa shape index (κ2) is 11.7. The van der Waals surface area contributed by atoms with Crippen LogP contribution in [0.2, 0.25) is 138 Å². The van der Waals surface area contributed by atoms with Gasteiger partial charge in [0.1, 0.15) is 0 Å². The minimum atomic E-state index is -1.53. The third kappa shape index (κ3) is 6.72. The fraction of sp³-hybridized carbons (Fsp3) is 0.833. The van der Waals surface area contributed by atoms with E-state index in [1.165, 1.54) is 5.56 Å². The van der Waals surface area contributed by atoms with Crippen LogP contribution in [-0.4, -0.2) is 57.2 Å². The topological polar surface area (TPSA) is 0 Å². The summed E-state index contributed by atoms with van der Waals surface area (Å²) < 4.78 is 0.657. The zero-order chi connectivity index (χ0) is 33.7. The Balaban J connectivity index is 2.48. The van der Waals surface area contributed by atoms with Crippen molar-refractivity contribution < 1.29 is 0 Å². The fourth-order valence-corrected chi connectivity index (χ4v) is 65.9. The summed E-state index contributed by atoms with van der Waals surface area (Å²) in [7, 11) is -9.23. The van der Waals surface area contributed by atoms with E-state index in [0.717, 1.165) is 33.6 Å². The minimum Gasteiger partial charge on any atom is -0.0695 e. The first-order valence-electron chi connectivity index (χ1n) is 17.9. The number of hydrogen-bond donors (Lipinski definition) is 0. The first kappa shape index (κ1) is 38.2. The predicted octanol–water partition coefficient (Wildman–Crippen LogP) is 12.0. The molecule has 7 heteroatoms. The number of rotatable bonds is 9. The van der Waals surface area contributed by atoms with Gasteiger partial charge in [-0.1, -0.05) is 152 Å². The standard InChI is InChI=1S/C36H75Si7/c1-26-22-27(2)32(28(3)23-26)37-33-30(35(40(10,11)12)41(13,14)15)24-29(34(38(4,5)6)39(7,8)9)25-31(33)36(37,42(16,17)18)43(19,20)21/h22-23,29-31,33-35H,24-25H2,1-21H3. The molecule has 43 heavy (non-hydrogen) atoms. The molecule has 1 saturated heterocycles. The molecule has 1 aliphatic carbocycles. The van der Waals surface area contributed by atoms with Crippen molar-refractivity contribution in [3.05, 3.63) is 28.8 Å². The van der Waals surface area contributed by atoms with E-state index in [2.05, 4.69) is 151 Å². The van der Waals surface area contributed by atoms with Crippen LogP contribution < -0.4 is 5.19 Å². The van der Waals surface area contributed by atoms with Crippen LogP contribution >= 0.6 is 0 Å². The molecule has 3 rings (SSSR count). The van der Waals surface area contributed by atoms with Crippen molar-refractivity contribution in [3.8, 4) is 0 Å². The molecule has 0 nitrogen and oxygen atoms in total. The Bertz CT molecular complexity index is 1090. The van der Waals surface area contributed by atoms with Crippen molar-refractivity contribution in [3.63, 3.8) is 0 Å². The van der Waals surface area contributed by atoms with E-state index in [0.29, 0.717) is 4.28 Å². The molecule has 1 heterocycles. The summed E-state index contributed by atoms with van der Waals surface area (Å²) in [6.07, 6.45) is 3.16. The lowest BCUT2D eigenvalue weighted by Gasteiger charge is -2.76. The molecule has 1 aromatic rings. The van der Waals surface area contributed by atoms with Gasteiger partial charge in [0.25, 0.3) is 0 Å². The zero-order valence-corrected chi connectivity index (χ0v) is 40.0. The van der Waals surface area contributed by atoms with Crippen molar-refractivity contribution in [1.82, 2.24) is 0 Å². The van der Waals surface area contributed by atoms with Gasteiger partial charge in [0.15, 0.2) is 0 Å². The molecule has 2 aliphatic rings. The van der Waals surface area contributed by atoms with Crippen LogP contribution in [0.4, 0.5) is 0 Å². The van der Waals surface area contributed by atoms with E-state index in [4.69, 9.17) is 0 Å². The Labute approximate surface area is 279 Å². The van der Waals surface area contributed by atoms with Gasteiger partial charge >= 0.3 is 0 Å². The normalized spacial score (nSPS) is 26.1. The maximum atomic E-state index is 2.84. The third-order valence-corrected chi connectivity index (χ3v) is 52.1. The van der Waals surface area contributed by atoms with Crippen LogP contribution in [0, 0.1) is 38.5 Å². The Hall–Kier alpha value is 0.738. The number of aryl methyl sites for hydroxylation is 3. The second-order valence-corrected chi connectivity index (χ2v) is 59.4. The van der Waals surface area contributed by atoms with Gasteiger partial charge in [-0.3, -0.25) is 0 Å². The summed E-state index contributed by atoms with van der Waals surface area (Å²) in [5.41, 5.74) is 5.78. The molecule has 247 valence electrons. The molecule has 1 aromatic carbocycles. The molecule has 1 radical (unpaired) electrons. The number of benzene rings is 1. The first-order valence-corrected chi connectivity index (χ1v) is 40.7. The molecule has 4 atom stereocenters. The maximum absolute atomic E-state index is 2.84. The Morgan fingerprint density at radius 2 is 0.953 bits per heavy atom. The minimum absolute atomic E-state index is 0.657. The summed E-state index contributed by atoms with van der Waals surface area (Å²) in [5.74, 6) is 2.91. The van der Waals surface area contributed by atoms with E-state index in [1.807, 2.05) is 5.19 Å². The van der Waals surface area contributed by atoms with Crippen LogP contribution in [-0.2, 0) is 0 Å². The average molecular weight is 705 g/mol. The lowest BCUT2D eigenvalue weighted by atomic mass is 9.75. The highest BCUT2D eigenvalue weighted by molar-refractivity contribution is 7.16. The molecule has 0 aromatic heterocycles. The van der Waals surface area contributed by atoms with E-state index in [-0.39, 0.29) is 0 Å². The average Bonchev–Trinajstić information content (AvgIpc) is 2.64. The van der Waals surface area contributed by atoms with Crippen molar-refractivity contribution in [2.24, 2.45) is 17.8 Å². The second-order valence-electron chi connectivity index (χ2n) is 21.9. The summed E-state index contributed by atoms with van der Waals surface area (Å²) >= 11 is 0. The van der Waals surface area contributed by atoms with Gasteiger partial charge in [-0.15, -0.1) is 0 Å². The molecule has 1 saturated carbocycles. The summed E-state index contributed by atoms with van der Waals surface area (Å²) in [4.78, 5) is 0. The molecular weight excluding hydrogens is 629 g/mol. The van der Waals surface area contributed by atoms with Gasteiger partial charge < -0.3 is 0 Å². The smallest absolute Gasteiger partial charge is 0.0695 e. The Morgan fingerprint density at radius 3 is 1.28 bits per heavy atom. The Kier molecular flexibility index (Phi) is 10.4. The fourth-order valence-electron chi connectivity index (χ4n) is 13.5. The molecule has 1 aliphatic heterocycles. The summed E-state index contributed by atoms with van der Waals surface area (Å²) in [5, 5.41) is 3.97. The first-order chi connectivity index (χ1) is 18.9. The lowest BCUT2D eigenvalue weighted by Crippen LogP contribution is -2.80. The van der Waals surface area contributed by atoms with Crippen LogP contribution in [0.5, 0.6) is 0 Å². The monoisotopic (exact) mass is 703 g/mol. The number of fused-ring (bicyclic) bond motifs is 1. The molecular formula is C36H75Si7.